The van der Waals surface area contributed by atoms with Crippen LogP contribution in [0.5, 0.6) is 0 Å². The van der Waals surface area contributed by atoms with Gasteiger partial charge in [-0.05, 0) is 57.5 Å². The van der Waals surface area contributed by atoms with Crippen molar-refractivity contribution >= 4 is 41.3 Å². The molecular formula is C17H30IN5S. The Morgan fingerprint density at radius 3 is 2.67 bits per heavy atom. The lowest BCUT2D eigenvalue weighted by Gasteiger charge is -2.31. The number of nitrogens with zero attached hydrogens (tertiary/aromatic N) is 3. The number of piperidine rings is 1. The van der Waals surface area contributed by atoms with Gasteiger partial charge in [-0.25, -0.2) is 4.98 Å². The van der Waals surface area contributed by atoms with Crippen molar-refractivity contribution in [2.45, 2.75) is 45.6 Å². The van der Waals surface area contributed by atoms with E-state index in [0.29, 0.717) is 11.9 Å². The summed E-state index contributed by atoms with van der Waals surface area (Å²) >= 11 is 1.74. The normalized spacial score (nSPS) is 20.5. The summed E-state index contributed by atoms with van der Waals surface area (Å²) in [7, 11) is 0. The van der Waals surface area contributed by atoms with Gasteiger partial charge < -0.3 is 11.1 Å². The van der Waals surface area contributed by atoms with Crippen LogP contribution >= 0.6 is 35.3 Å². The Morgan fingerprint density at radius 2 is 2.08 bits per heavy atom. The molecule has 5 nitrogen and oxygen atoms in total. The molecule has 0 radical (unpaired) electrons. The molecule has 3 rings (SSSR count). The van der Waals surface area contributed by atoms with Gasteiger partial charge in [0.2, 0.25) is 0 Å². The first-order valence-electron chi connectivity index (χ1n) is 8.86. The van der Waals surface area contributed by atoms with E-state index in [2.05, 4.69) is 32.5 Å². The van der Waals surface area contributed by atoms with Crippen molar-refractivity contribution in [1.29, 1.82) is 0 Å². The predicted molar refractivity (Wildman–Crippen MR) is 112 cm³/mol. The van der Waals surface area contributed by atoms with Crippen LogP contribution in [0.15, 0.2) is 10.4 Å². The second kappa shape index (κ2) is 9.91. The van der Waals surface area contributed by atoms with Gasteiger partial charge in [0.05, 0.1) is 10.7 Å². The predicted octanol–water partition coefficient (Wildman–Crippen LogP) is 2.99. The molecule has 1 aliphatic carbocycles. The Bertz CT molecular complexity index is 521. The summed E-state index contributed by atoms with van der Waals surface area (Å²) in [6.07, 6.45) is 6.48. The van der Waals surface area contributed by atoms with Gasteiger partial charge in [0, 0.05) is 25.0 Å². The van der Waals surface area contributed by atoms with Gasteiger partial charge in [0.1, 0.15) is 0 Å². The van der Waals surface area contributed by atoms with E-state index in [1.165, 1.54) is 37.8 Å². The summed E-state index contributed by atoms with van der Waals surface area (Å²) in [6, 6.07) is 0. The fourth-order valence-electron chi connectivity index (χ4n) is 3.27. The summed E-state index contributed by atoms with van der Waals surface area (Å²) in [4.78, 5) is 11.5. The Labute approximate surface area is 166 Å². The van der Waals surface area contributed by atoms with Gasteiger partial charge in [0.15, 0.2) is 5.96 Å². The van der Waals surface area contributed by atoms with Crippen molar-refractivity contribution in [2.75, 3.05) is 26.2 Å². The lowest BCUT2D eigenvalue weighted by atomic mass is 9.86. The average Bonchev–Trinajstić information content (AvgIpc) is 2.90. The second-order valence-corrected chi connectivity index (χ2v) is 8.04. The van der Waals surface area contributed by atoms with E-state index >= 15 is 0 Å². The molecule has 1 aromatic rings. The number of likely N-dealkylation sites (tertiary alicyclic amines) is 1. The zero-order chi connectivity index (χ0) is 16.1. The van der Waals surface area contributed by atoms with Gasteiger partial charge in [-0.3, -0.25) is 9.89 Å². The first-order valence-corrected chi connectivity index (χ1v) is 9.74. The number of aryl methyl sites for hydroxylation is 1. The Hall–Kier alpha value is -0.410. The highest BCUT2D eigenvalue weighted by atomic mass is 127. The SMILES string of the molecule is Cc1nc(CN2CCC(CNC(N)=NCC3CCC3)CC2)cs1.I. The molecular weight excluding hydrogens is 433 g/mol. The molecule has 0 atom stereocenters. The van der Waals surface area contributed by atoms with E-state index in [9.17, 15) is 0 Å². The maximum atomic E-state index is 5.97. The highest BCUT2D eigenvalue weighted by Crippen LogP contribution is 2.26. The molecule has 1 aromatic heterocycles. The molecule has 0 unspecified atom stereocenters. The van der Waals surface area contributed by atoms with Gasteiger partial charge in [-0.1, -0.05) is 6.42 Å². The fourth-order valence-corrected chi connectivity index (χ4v) is 3.87. The molecule has 3 N–H and O–H groups in total. The first-order chi connectivity index (χ1) is 11.2. The average molecular weight is 463 g/mol. The van der Waals surface area contributed by atoms with E-state index in [4.69, 9.17) is 5.73 Å². The van der Waals surface area contributed by atoms with Gasteiger partial charge >= 0.3 is 0 Å². The molecule has 136 valence electrons. The maximum absolute atomic E-state index is 5.97. The van der Waals surface area contributed by atoms with Crippen LogP contribution in [0.1, 0.15) is 42.8 Å². The number of hydrogen-bond acceptors (Lipinski definition) is 4. The Kier molecular flexibility index (Phi) is 8.22. The largest absolute Gasteiger partial charge is 0.370 e. The van der Waals surface area contributed by atoms with Crippen molar-refractivity contribution in [3.63, 3.8) is 0 Å². The highest BCUT2D eigenvalue weighted by Gasteiger charge is 2.20. The van der Waals surface area contributed by atoms with E-state index in [-0.39, 0.29) is 24.0 Å². The van der Waals surface area contributed by atoms with Crippen molar-refractivity contribution in [2.24, 2.45) is 22.6 Å². The molecule has 1 saturated carbocycles. The standard InChI is InChI=1S/C17H29N5S.HI/c1-13-21-16(12-23-13)11-22-7-5-15(6-8-22)10-20-17(18)19-9-14-3-2-4-14;/h12,14-15H,2-11H2,1H3,(H3,18,19,20);1H. The van der Waals surface area contributed by atoms with Crippen LogP contribution in [-0.4, -0.2) is 42.0 Å². The number of aliphatic imine (C=N–C) groups is 1. The third kappa shape index (κ3) is 6.15. The Morgan fingerprint density at radius 1 is 1.33 bits per heavy atom. The van der Waals surface area contributed by atoms with E-state index < -0.39 is 0 Å². The lowest BCUT2D eigenvalue weighted by molar-refractivity contribution is 0.176. The van der Waals surface area contributed by atoms with Crippen LogP contribution in [0.2, 0.25) is 0 Å². The first kappa shape index (κ1) is 19.9. The number of guanidine groups is 1. The van der Waals surface area contributed by atoms with Gasteiger partial charge in [-0.15, -0.1) is 35.3 Å². The minimum absolute atomic E-state index is 0. The third-order valence-corrected chi connectivity index (χ3v) is 5.90. The van der Waals surface area contributed by atoms with Crippen molar-refractivity contribution in [3.8, 4) is 0 Å². The van der Waals surface area contributed by atoms with Crippen molar-refractivity contribution < 1.29 is 0 Å². The molecule has 2 heterocycles. The molecule has 0 spiro atoms. The van der Waals surface area contributed by atoms with E-state index in [1.807, 2.05) is 0 Å². The molecule has 1 aliphatic heterocycles. The minimum Gasteiger partial charge on any atom is -0.370 e. The van der Waals surface area contributed by atoms with Crippen LogP contribution in [0.25, 0.3) is 0 Å². The summed E-state index contributed by atoms with van der Waals surface area (Å²) in [5.41, 5.74) is 7.19. The number of rotatable bonds is 6. The number of nitrogens with two attached hydrogens (primary N) is 1. The maximum Gasteiger partial charge on any atom is 0.188 e. The molecule has 0 aromatic carbocycles. The fraction of sp³-hybridized carbons (Fsp3) is 0.765. The van der Waals surface area contributed by atoms with Crippen LogP contribution < -0.4 is 11.1 Å². The number of nitrogens with one attached hydrogen (secondary N) is 1. The minimum atomic E-state index is 0. The zero-order valence-electron chi connectivity index (χ0n) is 14.5. The van der Waals surface area contributed by atoms with Crippen molar-refractivity contribution in [1.82, 2.24) is 15.2 Å². The third-order valence-electron chi connectivity index (χ3n) is 5.08. The van der Waals surface area contributed by atoms with Crippen LogP contribution in [0, 0.1) is 18.8 Å². The lowest BCUT2D eigenvalue weighted by Crippen LogP contribution is -2.40. The number of hydrogen-bond donors (Lipinski definition) is 2. The smallest absolute Gasteiger partial charge is 0.188 e. The second-order valence-electron chi connectivity index (χ2n) is 6.98. The number of halogens is 1. The van der Waals surface area contributed by atoms with E-state index in [0.717, 1.165) is 43.6 Å². The molecule has 1 saturated heterocycles. The Balaban J connectivity index is 0.00000208. The monoisotopic (exact) mass is 463 g/mol. The van der Waals surface area contributed by atoms with Gasteiger partial charge in [0.25, 0.3) is 0 Å². The summed E-state index contributed by atoms with van der Waals surface area (Å²) in [5.74, 6) is 2.13. The number of aromatic nitrogens is 1. The van der Waals surface area contributed by atoms with Crippen molar-refractivity contribution in [3.05, 3.63) is 16.1 Å². The van der Waals surface area contributed by atoms with Gasteiger partial charge in [-0.2, -0.15) is 0 Å². The topological polar surface area (TPSA) is 66.5 Å². The molecule has 7 heteroatoms. The molecule has 0 amide bonds. The summed E-state index contributed by atoms with van der Waals surface area (Å²) in [5, 5.41) is 6.67. The number of thiazole rings is 1. The molecule has 24 heavy (non-hydrogen) atoms. The molecule has 2 aliphatic rings. The van der Waals surface area contributed by atoms with Crippen LogP contribution in [0.4, 0.5) is 0 Å². The quantitative estimate of drug-likeness (QED) is 0.387. The molecule has 2 fully saturated rings. The zero-order valence-corrected chi connectivity index (χ0v) is 17.7. The summed E-state index contributed by atoms with van der Waals surface area (Å²) in [6.45, 7) is 7.25. The van der Waals surface area contributed by atoms with Crippen LogP contribution in [0.3, 0.4) is 0 Å². The summed E-state index contributed by atoms with van der Waals surface area (Å²) < 4.78 is 0. The highest BCUT2D eigenvalue weighted by molar-refractivity contribution is 14.0. The van der Waals surface area contributed by atoms with E-state index in [1.54, 1.807) is 11.3 Å². The van der Waals surface area contributed by atoms with Crippen LogP contribution in [-0.2, 0) is 6.54 Å². The molecule has 0 bridgehead atoms.